The SMILES string of the molecule is Cc1cc(C(=O)NCC(c2ccccc2Cl)N(C)C)c(C)o1. The Morgan fingerprint density at radius 2 is 2.00 bits per heavy atom. The number of hydrogen-bond acceptors (Lipinski definition) is 3. The standard InChI is InChI=1S/C17H21ClN2O2/c1-11-9-14(12(2)22-11)17(21)19-10-16(20(3)4)13-7-5-6-8-15(13)18/h5-9,16H,10H2,1-4H3,(H,19,21). The highest BCUT2D eigenvalue weighted by Gasteiger charge is 2.19. The lowest BCUT2D eigenvalue weighted by Gasteiger charge is -2.25. The summed E-state index contributed by atoms with van der Waals surface area (Å²) in [5, 5.41) is 3.66. The predicted molar refractivity (Wildman–Crippen MR) is 88.4 cm³/mol. The number of rotatable bonds is 5. The molecule has 0 aliphatic rings. The highest BCUT2D eigenvalue weighted by molar-refractivity contribution is 6.31. The normalized spacial score (nSPS) is 12.5. The third-order valence-corrected chi connectivity index (χ3v) is 3.97. The first-order chi connectivity index (χ1) is 10.4. The minimum atomic E-state index is -0.131. The topological polar surface area (TPSA) is 45.5 Å². The Labute approximate surface area is 136 Å². The highest BCUT2D eigenvalue weighted by Crippen LogP contribution is 2.25. The maximum atomic E-state index is 12.3. The van der Waals surface area contributed by atoms with Crippen LogP contribution in [0.3, 0.4) is 0 Å². The van der Waals surface area contributed by atoms with E-state index in [1.807, 2.05) is 50.2 Å². The maximum Gasteiger partial charge on any atom is 0.254 e. The Kier molecular flexibility index (Phi) is 5.27. The largest absolute Gasteiger partial charge is 0.466 e. The molecule has 1 atom stereocenters. The van der Waals surface area contributed by atoms with E-state index in [0.29, 0.717) is 22.9 Å². The van der Waals surface area contributed by atoms with Crippen molar-refractivity contribution < 1.29 is 9.21 Å². The summed E-state index contributed by atoms with van der Waals surface area (Å²) in [5.74, 6) is 1.24. The van der Waals surface area contributed by atoms with E-state index >= 15 is 0 Å². The second-order valence-electron chi connectivity index (χ2n) is 5.54. The van der Waals surface area contributed by atoms with E-state index in [4.69, 9.17) is 16.0 Å². The Bertz CT molecular complexity index is 664. The van der Waals surface area contributed by atoms with Crippen LogP contribution in [0.4, 0.5) is 0 Å². The zero-order valence-corrected chi connectivity index (χ0v) is 14.1. The Morgan fingerprint density at radius 1 is 1.32 bits per heavy atom. The number of furan rings is 1. The predicted octanol–water partition coefficient (Wildman–Crippen LogP) is 3.58. The first-order valence-corrected chi connectivity index (χ1v) is 7.54. The van der Waals surface area contributed by atoms with E-state index in [1.165, 1.54) is 0 Å². The molecule has 0 aliphatic carbocycles. The van der Waals surface area contributed by atoms with Crippen LogP contribution in [0.25, 0.3) is 0 Å². The van der Waals surface area contributed by atoms with Gasteiger partial charge < -0.3 is 14.6 Å². The molecule has 0 saturated carbocycles. The fourth-order valence-corrected chi connectivity index (χ4v) is 2.72. The van der Waals surface area contributed by atoms with Gasteiger partial charge in [-0.1, -0.05) is 29.8 Å². The van der Waals surface area contributed by atoms with Crippen molar-refractivity contribution in [3.8, 4) is 0 Å². The van der Waals surface area contributed by atoms with Gasteiger partial charge in [0.25, 0.3) is 5.91 Å². The Balaban J connectivity index is 2.12. The number of nitrogens with one attached hydrogen (secondary N) is 1. The molecule has 1 aromatic heterocycles. The molecule has 0 bridgehead atoms. The third-order valence-electron chi connectivity index (χ3n) is 3.63. The lowest BCUT2D eigenvalue weighted by molar-refractivity contribution is 0.0940. The van der Waals surface area contributed by atoms with Gasteiger partial charge in [-0.15, -0.1) is 0 Å². The summed E-state index contributed by atoms with van der Waals surface area (Å²) < 4.78 is 5.40. The van der Waals surface area contributed by atoms with Gasteiger partial charge in [0.2, 0.25) is 0 Å². The van der Waals surface area contributed by atoms with Crippen LogP contribution in [0, 0.1) is 13.8 Å². The molecule has 2 aromatic rings. The smallest absolute Gasteiger partial charge is 0.254 e. The number of benzene rings is 1. The first kappa shape index (κ1) is 16.6. The maximum absolute atomic E-state index is 12.3. The molecule has 1 N–H and O–H groups in total. The molecule has 0 spiro atoms. The fraction of sp³-hybridized carbons (Fsp3) is 0.353. The van der Waals surface area contributed by atoms with Crippen molar-refractivity contribution in [3.05, 3.63) is 58.0 Å². The van der Waals surface area contributed by atoms with Gasteiger partial charge in [-0.25, -0.2) is 0 Å². The van der Waals surface area contributed by atoms with Crippen molar-refractivity contribution in [1.82, 2.24) is 10.2 Å². The molecule has 1 heterocycles. The number of halogens is 1. The van der Waals surface area contributed by atoms with Crippen molar-refractivity contribution >= 4 is 17.5 Å². The van der Waals surface area contributed by atoms with E-state index < -0.39 is 0 Å². The summed E-state index contributed by atoms with van der Waals surface area (Å²) in [6.07, 6.45) is 0. The second kappa shape index (κ2) is 6.99. The van der Waals surface area contributed by atoms with Gasteiger partial charge in [0, 0.05) is 11.6 Å². The number of nitrogens with zero attached hydrogens (tertiary/aromatic N) is 1. The summed E-state index contributed by atoms with van der Waals surface area (Å²) in [7, 11) is 3.93. The van der Waals surface area contributed by atoms with Crippen LogP contribution < -0.4 is 5.32 Å². The van der Waals surface area contributed by atoms with E-state index in [0.717, 1.165) is 11.3 Å². The summed E-state index contributed by atoms with van der Waals surface area (Å²) in [6, 6.07) is 9.44. The Morgan fingerprint density at radius 3 is 2.55 bits per heavy atom. The van der Waals surface area contributed by atoms with Crippen molar-refractivity contribution in [2.75, 3.05) is 20.6 Å². The molecule has 0 radical (unpaired) electrons. The molecule has 1 aromatic carbocycles. The molecular formula is C17H21ClN2O2. The molecule has 2 rings (SSSR count). The van der Waals surface area contributed by atoms with E-state index in [2.05, 4.69) is 5.32 Å². The zero-order chi connectivity index (χ0) is 16.3. The molecule has 1 unspecified atom stereocenters. The van der Waals surface area contributed by atoms with E-state index in [9.17, 15) is 4.79 Å². The summed E-state index contributed by atoms with van der Waals surface area (Å²) in [6.45, 7) is 4.09. The van der Waals surface area contributed by atoms with E-state index in [-0.39, 0.29) is 11.9 Å². The average molecular weight is 321 g/mol. The van der Waals surface area contributed by atoms with Gasteiger partial charge in [0.05, 0.1) is 11.6 Å². The molecule has 22 heavy (non-hydrogen) atoms. The van der Waals surface area contributed by atoms with Crippen LogP contribution in [-0.4, -0.2) is 31.4 Å². The molecule has 0 aliphatic heterocycles. The molecular weight excluding hydrogens is 300 g/mol. The lowest BCUT2D eigenvalue weighted by atomic mass is 10.1. The minimum Gasteiger partial charge on any atom is -0.466 e. The molecule has 0 saturated heterocycles. The lowest BCUT2D eigenvalue weighted by Crippen LogP contribution is -2.34. The number of hydrogen-bond donors (Lipinski definition) is 1. The molecule has 5 heteroatoms. The number of likely N-dealkylation sites (N-methyl/N-ethyl adjacent to an activating group) is 1. The van der Waals surface area contributed by atoms with Crippen LogP contribution in [0.15, 0.2) is 34.7 Å². The van der Waals surface area contributed by atoms with Crippen molar-refractivity contribution in [1.29, 1.82) is 0 Å². The van der Waals surface area contributed by atoms with Crippen LogP contribution in [0.5, 0.6) is 0 Å². The third kappa shape index (κ3) is 3.70. The number of carbonyl (C=O) groups excluding carboxylic acids is 1. The van der Waals surface area contributed by atoms with Gasteiger partial charge in [0.1, 0.15) is 11.5 Å². The van der Waals surface area contributed by atoms with Crippen LogP contribution >= 0.6 is 11.6 Å². The molecule has 118 valence electrons. The summed E-state index contributed by atoms with van der Waals surface area (Å²) >= 11 is 6.27. The van der Waals surface area contributed by atoms with Gasteiger partial charge in [-0.05, 0) is 45.6 Å². The van der Waals surface area contributed by atoms with Gasteiger partial charge in [-0.3, -0.25) is 4.79 Å². The number of carbonyl (C=O) groups is 1. The van der Waals surface area contributed by atoms with Crippen molar-refractivity contribution in [2.45, 2.75) is 19.9 Å². The highest BCUT2D eigenvalue weighted by atomic mass is 35.5. The first-order valence-electron chi connectivity index (χ1n) is 7.16. The molecule has 1 amide bonds. The van der Waals surface area contributed by atoms with Gasteiger partial charge >= 0.3 is 0 Å². The quantitative estimate of drug-likeness (QED) is 0.916. The van der Waals surface area contributed by atoms with Crippen LogP contribution in [-0.2, 0) is 0 Å². The van der Waals surface area contributed by atoms with E-state index in [1.54, 1.807) is 13.0 Å². The van der Waals surface area contributed by atoms with Crippen molar-refractivity contribution in [2.24, 2.45) is 0 Å². The minimum absolute atomic E-state index is 0.00551. The number of aryl methyl sites for hydroxylation is 2. The van der Waals surface area contributed by atoms with Gasteiger partial charge in [-0.2, -0.15) is 0 Å². The van der Waals surface area contributed by atoms with Crippen LogP contribution in [0.1, 0.15) is 33.5 Å². The van der Waals surface area contributed by atoms with Crippen molar-refractivity contribution in [3.63, 3.8) is 0 Å². The summed E-state index contributed by atoms with van der Waals surface area (Å²) in [5.41, 5.74) is 1.57. The monoisotopic (exact) mass is 320 g/mol. The Hall–Kier alpha value is -1.78. The van der Waals surface area contributed by atoms with Crippen LogP contribution in [0.2, 0.25) is 5.02 Å². The second-order valence-corrected chi connectivity index (χ2v) is 5.95. The average Bonchev–Trinajstić information content (AvgIpc) is 2.79. The molecule has 4 nitrogen and oxygen atoms in total. The fourth-order valence-electron chi connectivity index (χ4n) is 2.46. The zero-order valence-electron chi connectivity index (χ0n) is 13.3. The number of amides is 1. The molecule has 0 fully saturated rings. The van der Waals surface area contributed by atoms with Gasteiger partial charge in [0.15, 0.2) is 0 Å². The summed E-state index contributed by atoms with van der Waals surface area (Å²) in [4.78, 5) is 14.3.